The third kappa shape index (κ3) is 5.65. The largest absolute Gasteiger partial charge is 0.497 e. The van der Waals surface area contributed by atoms with Crippen LogP contribution in [0.1, 0.15) is 24.9 Å². The van der Waals surface area contributed by atoms with E-state index in [1.165, 1.54) is 12.0 Å². The molecule has 0 saturated heterocycles. The predicted octanol–water partition coefficient (Wildman–Crippen LogP) is 2.23. The van der Waals surface area contributed by atoms with E-state index in [2.05, 4.69) is 55.3 Å². The van der Waals surface area contributed by atoms with E-state index in [1.807, 2.05) is 19.2 Å². The van der Waals surface area contributed by atoms with E-state index >= 15 is 0 Å². The van der Waals surface area contributed by atoms with Gasteiger partial charge >= 0.3 is 0 Å². The zero-order valence-corrected chi connectivity index (χ0v) is 14.4. The summed E-state index contributed by atoms with van der Waals surface area (Å²) in [6.45, 7) is 4.51. The Morgan fingerprint density at radius 2 is 1.71 bits per heavy atom. The van der Waals surface area contributed by atoms with Crippen molar-refractivity contribution in [1.82, 2.24) is 15.1 Å². The van der Waals surface area contributed by atoms with Crippen LogP contribution in [-0.2, 0) is 0 Å². The molecule has 0 aromatic heterocycles. The van der Waals surface area contributed by atoms with Crippen LogP contribution in [0, 0.1) is 0 Å². The van der Waals surface area contributed by atoms with Crippen LogP contribution in [0.2, 0.25) is 0 Å². The van der Waals surface area contributed by atoms with Gasteiger partial charge in [-0.1, -0.05) is 12.1 Å². The molecule has 120 valence electrons. The molecule has 0 aliphatic rings. The Morgan fingerprint density at radius 3 is 2.19 bits per heavy atom. The van der Waals surface area contributed by atoms with Crippen LogP contribution in [0.3, 0.4) is 0 Å². The van der Waals surface area contributed by atoms with E-state index in [9.17, 15) is 0 Å². The second-order valence-corrected chi connectivity index (χ2v) is 5.92. The average Bonchev–Trinajstić information content (AvgIpc) is 2.48. The molecule has 0 radical (unpaired) electrons. The zero-order chi connectivity index (χ0) is 15.8. The van der Waals surface area contributed by atoms with Crippen molar-refractivity contribution >= 4 is 0 Å². The summed E-state index contributed by atoms with van der Waals surface area (Å²) in [5, 5.41) is 3.44. The molecule has 4 heteroatoms. The van der Waals surface area contributed by atoms with Crippen LogP contribution < -0.4 is 10.1 Å². The minimum Gasteiger partial charge on any atom is -0.497 e. The number of rotatable bonds is 9. The van der Waals surface area contributed by atoms with Crippen molar-refractivity contribution in [3.63, 3.8) is 0 Å². The minimum atomic E-state index is 0.320. The summed E-state index contributed by atoms with van der Waals surface area (Å²) in [4.78, 5) is 4.66. The summed E-state index contributed by atoms with van der Waals surface area (Å²) in [6.07, 6.45) is 1.19. The van der Waals surface area contributed by atoms with Crippen molar-refractivity contribution < 1.29 is 4.74 Å². The number of nitrogens with one attached hydrogen (secondary N) is 1. The highest BCUT2D eigenvalue weighted by Crippen LogP contribution is 2.22. The number of benzene rings is 1. The molecule has 4 nitrogen and oxygen atoms in total. The van der Waals surface area contributed by atoms with E-state index in [1.54, 1.807) is 7.11 Å². The van der Waals surface area contributed by atoms with Crippen LogP contribution in [-0.4, -0.2) is 64.2 Å². The SMILES string of the molecule is CNC(c1ccc(OC)cc1)C(C)N(C)CCCN(C)C. The van der Waals surface area contributed by atoms with Gasteiger partial charge in [0.25, 0.3) is 0 Å². The van der Waals surface area contributed by atoms with Crippen LogP contribution in [0.15, 0.2) is 24.3 Å². The summed E-state index contributed by atoms with van der Waals surface area (Å²) in [6, 6.07) is 9.09. The van der Waals surface area contributed by atoms with Crippen molar-refractivity contribution in [2.24, 2.45) is 0 Å². The first kappa shape index (κ1) is 18.0. The molecule has 1 N–H and O–H groups in total. The fraction of sp³-hybridized carbons (Fsp3) is 0.647. The Hall–Kier alpha value is -1.10. The predicted molar refractivity (Wildman–Crippen MR) is 90.1 cm³/mol. The zero-order valence-electron chi connectivity index (χ0n) is 14.4. The molecule has 0 aliphatic carbocycles. The van der Waals surface area contributed by atoms with Gasteiger partial charge < -0.3 is 19.9 Å². The first-order valence-electron chi connectivity index (χ1n) is 7.65. The third-order valence-electron chi connectivity index (χ3n) is 4.08. The number of ether oxygens (including phenoxy) is 1. The quantitative estimate of drug-likeness (QED) is 0.755. The molecule has 1 rings (SSSR count). The van der Waals surface area contributed by atoms with Gasteiger partial charge in [0.2, 0.25) is 0 Å². The van der Waals surface area contributed by atoms with Gasteiger partial charge in [-0.2, -0.15) is 0 Å². The lowest BCUT2D eigenvalue weighted by Crippen LogP contribution is -2.40. The van der Waals surface area contributed by atoms with Gasteiger partial charge in [0.05, 0.1) is 7.11 Å². The highest BCUT2D eigenvalue weighted by Gasteiger charge is 2.21. The van der Waals surface area contributed by atoms with E-state index in [0.29, 0.717) is 12.1 Å². The van der Waals surface area contributed by atoms with E-state index in [-0.39, 0.29) is 0 Å². The fourth-order valence-electron chi connectivity index (χ4n) is 2.59. The second-order valence-electron chi connectivity index (χ2n) is 5.92. The maximum absolute atomic E-state index is 5.23. The molecule has 1 aromatic carbocycles. The van der Waals surface area contributed by atoms with Crippen molar-refractivity contribution in [3.05, 3.63) is 29.8 Å². The van der Waals surface area contributed by atoms with Crippen molar-refractivity contribution in [2.45, 2.75) is 25.4 Å². The molecular formula is C17H31N3O. The summed E-state index contributed by atoms with van der Waals surface area (Å²) >= 11 is 0. The molecule has 21 heavy (non-hydrogen) atoms. The highest BCUT2D eigenvalue weighted by atomic mass is 16.5. The van der Waals surface area contributed by atoms with Gasteiger partial charge in [-0.25, -0.2) is 0 Å². The van der Waals surface area contributed by atoms with Gasteiger partial charge in [0.15, 0.2) is 0 Å². The van der Waals surface area contributed by atoms with Crippen LogP contribution >= 0.6 is 0 Å². The number of methoxy groups -OCH3 is 1. The number of hydrogen-bond donors (Lipinski definition) is 1. The Labute approximate surface area is 130 Å². The Bertz CT molecular complexity index is 392. The van der Waals surface area contributed by atoms with Crippen molar-refractivity contribution in [1.29, 1.82) is 0 Å². The van der Waals surface area contributed by atoms with Gasteiger partial charge in [-0.05, 0) is 72.3 Å². The minimum absolute atomic E-state index is 0.320. The monoisotopic (exact) mass is 293 g/mol. The topological polar surface area (TPSA) is 27.7 Å². The molecular weight excluding hydrogens is 262 g/mol. The lowest BCUT2D eigenvalue weighted by molar-refractivity contribution is 0.202. The van der Waals surface area contributed by atoms with E-state index in [4.69, 9.17) is 4.74 Å². The summed E-state index contributed by atoms with van der Waals surface area (Å²) < 4.78 is 5.23. The maximum atomic E-state index is 5.23. The summed E-state index contributed by atoms with van der Waals surface area (Å²) in [5.41, 5.74) is 1.30. The van der Waals surface area contributed by atoms with Crippen LogP contribution in [0.4, 0.5) is 0 Å². The first-order chi connectivity index (χ1) is 9.99. The lowest BCUT2D eigenvalue weighted by atomic mass is 9.99. The molecule has 2 atom stereocenters. The summed E-state index contributed by atoms with van der Waals surface area (Å²) in [5.74, 6) is 0.903. The normalized spacial score (nSPS) is 14.5. The Morgan fingerprint density at radius 1 is 1.10 bits per heavy atom. The first-order valence-corrected chi connectivity index (χ1v) is 7.65. The molecule has 0 spiro atoms. The molecule has 2 unspecified atom stereocenters. The molecule has 0 heterocycles. The molecule has 0 bridgehead atoms. The number of likely N-dealkylation sites (N-methyl/N-ethyl adjacent to an activating group) is 2. The third-order valence-corrected chi connectivity index (χ3v) is 4.08. The highest BCUT2D eigenvalue weighted by molar-refractivity contribution is 5.29. The smallest absolute Gasteiger partial charge is 0.118 e. The molecule has 0 amide bonds. The van der Waals surface area contributed by atoms with Crippen LogP contribution in [0.5, 0.6) is 5.75 Å². The molecule has 0 saturated carbocycles. The van der Waals surface area contributed by atoms with Crippen molar-refractivity contribution in [3.8, 4) is 5.75 Å². The van der Waals surface area contributed by atoms with Gasteiger partial charge in [0.1, 0.15) is 5.75 Å². The second kappa shape index (κ2) is 9.03. The van der Waals surface area contributed by atoms with Gasteiger partial charge in [-0.15, -0.1) is 0 Å². The number of nitrogens with zero attached hydrogens (tertiary/aromatic N) is 2. The van der Waals surface area contributed by atoms with E-state index in [0.717, 1.165) is 18.8 Å². The van der Waals surface area contributed by atoms with Gasteiger partial charge in [0, 0.05) is 12.1 Å². The number of hydrogen-bond acceptors (Lipinski definition) is 4. The Kier molecular flexibility index (Phi) is 7.72. The van der Waals surface area contributed by atoms with Crippen molar-refractivity contribution in [2.75, 3.05) is 48.4 Å². The average molecular weight is 293 g/mol. The standard InChI is InChI=1S/C17H31N3O/c1-14(20(5)13-7-12-19(3)4)17(18-2)15-8-10-16(21-6)11-9-15/h8-11,14,17-18H,7,12-13H2,1-6H3. The van der Waals surface area contributed by atoms with E-state index < -0.39 is 0 Å². The van der Waals surface area contributed by atoms with Gasteiger partial charge in [-0.3, -0.25) is 0 Å². The Balaban J connectivity index is 2.64. The molecule has 0 fully saturated rings. The fourth-order valence-corrected chi connectivity index (χ4v) is 2.59. The lowest BCUT2D eigenvalue weighted by Gasteiger charge is -2.32. The van der Waals surface area contributed by atoms with Crippen LogP contribution in [0.25, 0.3) is 0 Å². The molecule has 0 aliphatic heterocycles. The maximum Gasteiger partial charge on any atom is 0.118 e. The summed E-state index contributed by atoms with van der Waals surface area (Å²) in [7, 11) is 10.2. The molecule has 1 aromatic rings.